The van der Waals surface area contributed by atoms with Gasteiger partial charge in [-0.1, -0.05) is 6.92 Å². The van der Waals surface area contributed by atoms with Gasteiger partial charge < -0.3 is 4.90 Å². The Hall–Kier alpha value is -1.61. The second-order valence-electron chi connectivity index (χ2n) is 7.34. The standard InChI is InChI=1S/C18H26N2O5S2/c1-3-9-19(16-8-11-27(24,25)13-16)18(21)15-6-7-17-14(12-15)5-4-10-20(17)26(2,22)23/h6-7,12,16H,3-5,8-11,13H2,1-2H3/t16-/m1/s1. The van der Waals surface area contributed by atoms with Crippen molar-refractivity contribution in [3.8, 4) is 0 Å². The lowest BCUT2D eigenvalue weighted by Crippen LogP contribution is -2.41. The Bertz CT molecular complexity index is 940. The largest absolute Gasteiger partial charge is 0.335 e. The fourth-order valence-electron chi connectivity index (χ4n) is 3.92. The molecule has 0 spiro atoms. The number of rotatable bonds is 5. The van der Waals surface area contributed by atoms with Gasteiger partial charge in [0, 0.05) is 24.7 Å². The lowest BCUT2D eigenvalue weighted by Gasteiger charge is -2.31. The lowest BCUT2D eigenvalue weighted by atomic mass is 10.00. The molecule has 2 heterocycles. The molecule has 1 saturated heterocycles. The van der Waals surface area contributed by atoms with Gasteiger partial charge >= 0.3 is 0 Å². The summed E-state index contributed by atoms with van der Waals surface area (Å²) in [5, 5.41) is 0. The van der Waals surface area contributed by atoms with Gasteiger partial charge in [-0.3, -0.25) is 9.10 Å². The number of hydrogen-bond acceptors (Lipinski definition) is 5. The van der Waals surface area contributed by atoms with Gasteiger partial charge in [-0.25, -0.2) is 16.8 Å². The number of aryl methyl sites for hydroxylation is 1. The quantitative estimate of drug-likeness (QED) is 0.727. The van der Waals surface area contributed by atoms with Crippen molar-refractivity contribution < 1.29 is 21.6 Å². The van der Waals surface area contributed by atoms with E-state index in [1.807, 2.05) is 6.92 Å². The van der Waals surface area contributed by atoms with E-state index in [9.17, 15) is 21.6 Å². The molecule has 150 valence electrons. The first-order valence-corrected chi connectivity index (χ1v) is 12.9. The molecule has 2 aliphatic rings. The molecule has 0 bridgehead atoms. The van der Waals surface area contributed by atoms with Gasteiger partial charge in [-0.05, 0) is 49.4 Å². The van der Waals surface area contributed by atoms with Crippen molar-refractivity contribution in [2.24, 2.45) is 0 Å². The number of carbonyl (C=O) groups is 1. The molecule has 1 amide bonds. The Labute approximate surface area is 161 Å². The molecule has 2 aliphatic heterocycles. The monoisotopic (exact) mass is 414 g/mol. The Morgan fingerprint density at radius 2 is 2.07 bits per heavy atom. The van der Waals surface area contributed by atoms with Gasteiger partial charge in [0.1, 0.15) is 0 Å². The third kappa shape index (κ3) is 4.29. The molecular weight excluding hydrogens is 388 g/mol. The number of hydrogen-bond donors (Lipinski definition) is 0. The first kappa shape index (κ1) is 20.1. The summed E-state index contributed by atoms with van der Waals surface area (Å²) in [6.07, 6.45) is 3.83. The molecule has 0 N–H and O–H groups in total. The zero-order valence-corrected chi connectivity index (χ0v) is 17.4. The van der Waals surface area contributed by atoms with Crippen LogP contribution in [0.1, 0.15) is 42.1 Å². The minimum atomic E-state index is -3.35. The SMILES string of the molecule is CCCN(C(=O)c1ccc2c(c1)CCCN2S(C)(=O)=O)[C@@H]1CCS(=O)(=O)C1. The van der Waals surface area contributed by atoms with E-state index in [-0.39, 0.29) is 23.5 Å². The number of amides is 1. The van der Waals surface area contributed by atoms with Crippen molar-refractivity contribution in [2.75, 3.05) is 35.2 Å². The van der Waals surface area contributed by atoms with Gasteiger partial charge in [0.2, 0.25) is 10.0 Å². The average molecular weight is 415 g/mol. The van der Waals surface area contributed by atoms with Crippen molar-refractivity contribution in [2.45, 2.75) is 38.6 Å². The van der Waals surface area contributed by atoms with E-state index in [4.69, 9.17) is 0 Å². The highest BCUT2D eigenvalue weighted by Crippen LogP contribution is 2.31. The molecule has 1 fully saturated rings. The van der Waals surface area contributed by atoms with Crippen LogP contribution < -0.4 is 4.31 Å². The molecule has 1 aromatic rings. The zero-order valence-electron chi connectivity index (χ0n) is 15.7. The molecule has 7 nitrogen and oxygen atoms in total. The highest BCUT2D eigenvalue weighted by atomic mass is 32.2. The zero-order chi connectivity index (χ0) is 19.8. The van der Waals surface area contributed by atoms with Gasteiger partial charge in [0.05, 0.1) is 23.4 Å². The molecule has 27 heavy (non-hydrogen) atoms. The molecule has 1 atom stereocenters. The van der Waals surface area contributed by atoms with Crippen LogP contribution in [0.2, 0.25) is 0 Å². The van der Waals surface area contributed by atoms with Gasteiger partial charge in [0.25, 0.3) is 5.91 Å². The third-order valence-corrected chi connectivity index (χ3v) is 8.11. The molecular formula is C18H26N2O5S2. The number of carbonyl (C=O) groups excluding carboxylic acids is 1. The molecule has 0 saturated carbocycles. The van der Waals surface area contributed by atoms with Crippen LogP contribution in [-0.4, -0.2) is 64.5 Å². The third-order valence-electron chi connectivity index (χ3n) is 5.18. The fourth-order valence-corrected chi connectivity index (χ4v) is 6.64. The first-order chi connectivity index (χ1) is 12.6. The Balaban J connectivity index is 1.90. The van der Waals surface area contributed by atoms with Crippen LogP contribution in [0.3, 0.4) is 0 Å². The van der Waals surface area contributed by atoms with E-state index in [0.717, 1.165) is 12.0 Å². The summed E-state index contributed by atoms with van der Waals surface area (Å²) in [5.41, 5.74) is 1.96. The molecule has 9 heteroatoms. The Morgan fingerprint density at radius 3 is 2.67 bits per heavy atom. The summed E-state index contributed by atoms with van der Waals surface area (Å²) in [7, 11) is -6.43. The maximum absolute atomic E-state index is 13.1. The smallest absolute Gasteiger partial charge is 0.254 e. The summed E-state index contributed by atoms with van der Waals surface area (Å²) in [4.78, 5) is 14.8. The summed E-state index contributed by atoms with van der Waals surface area (Å²) >= 11 is 0. The van der Waals surface area contributed by atoms with E-state index in [0.29, 0.717) is 43.6 Å². The minimum Gasteiger partial charge on any atom is -0.335 e. The molecule has 0 aromatic heterocycles. The van der Waals surface area contributed by atoms with E-state index in [2.05, 4.69) is 0 Å². The van der Waals surface area contributed by atoms with Crippen molar-refractivity contribution in [3.63, 3.8) is 0 Å². The van der Waals surface area contributed by atoms with E-state index in [1.54, 1.807) is 23.1 Å². The molecule has 0 aliphatic carbocycles. The summed E-state index contributed by atoms with van der Waals surface area (Å²) in [6, 6.07) is 4.82. The second-order valence-corrected chi connectivity index (χ2v) is 11.5. The second kappa shape index (κ2) is 7.43. The first-order valence-electron chi connectivity index (χ1n) is 9.24. The molecule has 0 radical (unpaired) electrons. The Kier molecular flexibility index (Phi) is 5.54. The fraction of sp³-hybridized carbons (Fsp3) is 0.611. The molecule has 3 rings (SSSR count). The normalized spacial score (nSPS) is 21.7. The van der Waals surface area contributed by atoms with Crippen LogP contribution in [0.15, 0.2) is 18.2 Å². The van der Waals surface area contributed by atoms with Gasteiger partial charge in [-0.15, -0.1) is 0 Å². The number of sulfonamides is 1. The van der Waals surface area contributed by atoms with Crippen molar-refractivity contribution in [3.05, 3.63) is 29.3 Å². The van der Waals surface area contributed by atoms with Crippen LogP contribution in [0.4, 0.5) is 5.69 Å². The number of nitrogens with zero attached hydrogens (tertiary/aromatic N) is 2. The highest BCUT2D eigenvalue weighted by molar-refractivity contribution is 7.92. The van der Waals surface area contributed by atoms with E-state index < -0.39 is 19.9 Å². The van der Waals surface area contributed by atoms with Crippen molar-refractivity contribution in [1.29, 1.82) is 0 Å². The van der Waals surface area contributed by atoms with Crippen LogP contribution in [0.5, 0.6) is 0 Å². The molecule has 0 unspecified atom stereocenters. The minimum absolute atomic E-state index is 0.0194. The van der Waals surface area contributed by atoms with Crippen LogP contribution >= 0.6 is 0 Å². The topological polar surface area (TPSA) is 91.8 Å². The Morgan fingerprint density at radius 1 is 1.33 bits per heavy atom. The van der Waals surface area contributed by atoms with Crippen LogP contribution in [0, 0.1) is 0 Å². The predicted octanol–water partition coefficient (Wildman–Crippen LogP) is 1.44. The van der Waals surface area contributed by atoms with Crippen LogP contribution in [0.25, 0.3) is 0 Å². The summed E-state index contributed by atoms with van der Waals surface area (Å²) < 4.78 is 49.0. The van der Waals surface area contributed by atoms with Gasteiger partial charge in [0.15, 0.2) is 9.84 Å². The van der Waals surface area contributed by atoms with Gasteiger partial charge in [-0.2, -0.15) is 0 Å². The van der Waals surface area contributed by atoms with Crippen molar-refractivity contribution in [1.82, 2.24) is 4.90 Å². The number of fused-ring (bicyclic) bond motifs is 1. The van der Waals surface area contributed by atoms with E-state index >= 15 is 0 Å². The number of sulfone groups is 1. The average Bonchev–Trinajstić information content (AvgIpc) is 2.96. The predicted molar refractivity (Wildman–Crippen MR) is 105 cm³/mol. The maximum atomic E-state index is 13.1. The summed E-state index contributed by atoms with van der Waals surface area (Å²) in [6.45, 7) is 2.91. The summed E-state index contributed by atoms with van der Waals surface area (Å²) in [5.74, 6) is -0.0391. The van der Waals surface area contributed by atoms with Crippen molar-refractivity contribution >= 4 is 31.5 Å². The number of anilines is 1. The van der Waals surface area contributed by atoms with E-state index in [1.165, 1.54) is 10.6 Å². The highest BCUT2D eigenvalue weighted by Gasteiger charge is 2.35. The van der Waals surface area contributed by atoms with Crippen LogP contribution in [-0.2, 0) is 26.3 Å². The molecule has 1 aromatic carbocycles. The lowest BCUT2D eigenvalue weighted by molar-refractivity contribution is 0.0697. The number of benzene rings is 1. The maximum Gasteiger partial charge on any atom is 0.254 e.